The van der Waals surface area contributed by atoms with E-state index < -0.39 is 0 Å². The van der Waals surface area contributed by atoms with Crippen molar-refractivity contribution in [3.63, 3.8) is 0 Å². The highest BCUT2D eigenvalue weighted by Crippen LogP contribution is 2.23. The van der Waals surface area contributed by atoms with Crippen molar-refractivity contribution in [2.24, 2.45) is 0 Å². The number of hydrogen-bond donors (Lipinski definition) is 2. The fraction of sp³-hybridized carbons (Fsp3) is 0.312. The molecule has 22 heavy (non-hydrogen) atoms. The maximum absolute atomic E-state index is 5.89. The minimum atomic E-state index is 0.571. The fourth-order valence-electron chi connectivity index (χ4n) is 1.89. The molecule has 0 saturated heterocycles. The lowest BCUT2D eigenvalue weighted by Crippen LogP contribution is -2.35. The number of benzene rings is 1. The van der Waals surface area contributed by atoms with E-state index in [2.05, 4.69) is 16.9 Å². The van der Waals surface area contributed by atoms with E-state index in [-0.39, 0.29) is 0 Å². The predicted octanol–water partition coefficient (Wildman–Crippen LogP) is 4.32. The van der Waals surface area contributed by atoms with Gasteiger partial charge in [0.2, 0.25) is 0 Å². The van der Waals surface area contributed by atoms with Gasteiger partial charge in [0.25, 0.3) is 0 Å². The van der Waals surface area contributed by atoms with Gasteiger partial charge in [-0.3, -0.25) is 0 Å². The highest BCUT2D eigenvalue weighted by molar-refractivity contribution is 7.98. The fourth-order valence-corrected chi connectivity index (χ4v) is 2.62. The lowest BCUT2D eigenvalue weighted by molar-refractivity contribution is 0.514. The van der Waals surface area contributed by atoms with Crippen LogP contribution in [0.5, 0.6) is 0 Å². The molecule has 0 aliphatic heterocycles. The van der Waals surface area contributed by atoms with Crippen LogP contribution < -0.4 is 10.6 Å². The molecular weight excluding hydrogens is 336 g/mol. The van der Waals surface area contributed by atoms with Crippen LogP contribution in [0.1, 0.15) is 12.2 Å². The molecule has 6 heteroatoms. The van der Waals surface area contributed by atoms with E-state index in [1.54, 1.807) is 0 Å². The molecule has 0 bridgehead atoms. The maximum atomic E-state index is 5.89. The Morgan fingerprint density at radius 1 is 1.18 bits per heavy atom. The number of thiocarbonyl (C=S) groups is 1. The molecule has 0 fully saturated rings. The molecule has 0 radical (unpaired) electrons. The van der Waals surface area contributed by atoms with Gasteiger partial charge in [-0.2, -0.15) is 11.8 Å². The number of rotatable bonds is 7. The Kier molecular flexibility index (Phi) is 7.09. The second kappa shape index (κ2) is 9.08. The average molecular weight is 355 g/mol. The number of halogens is 1. The summed E-state index contributed by atoms with van der Waals surface area (Å²) in [5.74, 6) is 2.81. The molecule has 2 N–H and O–H groups in total. The molecule has 2 aromatic rings. The molecule has 2 rings (SSSR count). The van der Waals surface area contributed by atoms with Crippen molar-refractivity contribution in [3.05, 3.63) is 47.2 Å². The molecule has 1 heterocycles. The predicted molar refractivity (Wildman–Crippen MR) is 99.6 cm³/mol. The largest absolute Gasteiger partial charge is 0.459 e. The quantitative estimate of drug-likeness (QED) is 0.572. The Morgan fingerprint density at radius 3 is 2.68 bits per heavy atom. The monoisotopic (exact) mass is 354 g/mol. The minimum absolute atomic E-state index is 0.571. The van der Waals surface area contributed by atoms with Gasteiger partial charge >= 0.3 is 0 Å². The van der Waals surface area contributed by atoms with E-state index in [9.17, 15) is 0 Å². The molecule has 0 atom stereocenters. The summed E-state index contributed by atoms with van der Waals surface area (Å²) in [6.45, 7) is 1.46. The summed E-state index contributed by atoms with van der Waals surface area (Å²) in [5.41, 5.74) is 1.01. The van der Waals surface area contributed by atoms with E-state index in [4.69, 9.17) is 28.2 Å². The SMILES string of the molecule is CSCCCNC(=S)NCc1ccc(-c2ccc(Cl)cc2)o1. The third kappa shape index (κ3) is 5.55. The number of hydrogen-bond acceptors (Lipinski definition) is 3. The van der Waals surface area contributed by atoms with Crippen LogP contribution in [0.25, 0.3) is 11.3 Å². The Balaban J connectivity index is 1.79. The Labute approximate surface area is 145 Å². The van der Waals surface area contributed by atoms with Crippen molar-refractivity contribution >= 4 is 40.7 Å². The molecule has 118 valence electrons. The van der Waals surface area contributed by atoms with Crippen LogP contribution in [0.4, 0.5) is 0 Å². The van der Waals surface area contributed by atoms with Crippen molar-refractivity contribution < 1.29 is 4.42 Å². The Bertz CT molecular complexity index is 598. The van der Waals surface area contributed by atoms with Crippen molar-refractivity contribution in [1.29, 1.82) is 0 Å². The van der Waals surface area contributed by atoms with Crippen LogP contribution in [0.3, 0.4) is 0 Å². The van der Waals surface area contributed by atoms with Crippen LogP contribution in [0, 0.1) is 0 Å². The molecule has 0 unspecified atom stereocenters. The molecule has 0 spiro atoms. The highest BCUT2D eigenvalue weighted by Gasteiger charge is 2.05. The summed E-state index contributed by atoms with van der Waals surface area (Å²) in [5, 5.41) is 7.71. The van der Waals surface area contributed by atoms with Crippen molar-refractivity contribution in [3.8, 4) is 11.3 Å². The molecule has 0 amide bonds. The molecule has 3 nitrogen and oxygen atoms in total. The third-order valence-corrected chi connectivity index (χ3v) is 4.26. The standard InChI is InChI=1S/C16H19ClN2OS2/c1-22-10-2-9-18-16(21)19-11-14-7-8-15(20-14)12-3-5-13(17)6-4-12/h3-8H,2,9-11H2,1H3,(H2,18,19,21). The zero-order chi connectivity index (χ0) is 15.8. The summed E-state index contributed by atoms with van der Waals surface area (Å²) in [4.78, 5) is 0. The average Bonchev–Trinajstić information content (AvgIpc) is 2.99. The first-order valence-corrected chi connectivity index (χ1v) is 9.22. The topological polar surface area (TPSA) is 37.2 Å². The first-order valence-electron chi connectivity index (χ1n) is 7.04. The van der Waals surface area contributed by atoms with Gasteiger partial charge in [0, 0.05) is 17.1 Å². The first-order chi connectivity index (χ1) is 10.7. The van der Waals surface area contributed by atoms with Gasteiger partial charge < -0.3 is 15.1 Å². The molecule has 0 aliphatic rings. The third-order valence-electron chi connectivity index (χ3n) is 3.02. The van der Waals surface area contributed by atoms with Gasteiger partial charge in [-0.05, 0) is 67.0 Å². The van der Waals surface area contributed by atoms with Crippen LogP contribution in [-0.4, -0.2) is 23.7 Å². The van der Waals surface area contributed by atoms with Crippen LogP contribution >= 0.6 is 35.6 Å². The van der Waals surface area contributed by atoms with Crippen molar-refractivity contribution in [1.82, 2.24) is 10.6 Å². The van der Waals surface area contributed by atoms with E-state index >= 15 is 0 Å². The minimum Gasteiger partial charge on any atom is -0.459 e. The zero-order valence-corrected chi connectivity index (χ0v) is 14.8. The summed E-state index contributed by atoms with van der Waals surface area (Å²) in [6, 6.07) is 11.5. The molecule has 0 saturated carbocycles. The van der Waals surface area contributed by atoms with Crippen molar-refractivity contribution in [2.45, 2.75) is 13.0 Å². The maximum Gasteiger partial charge on any atom is 0.166 e. The summed E-state index contributed by atoms with van der Waals surface area (Å²) in [7, 11) is 0. The summed E-state index contributed by atoms with van der Waals surface area (Å²) < 4.78 is 5.81. The van der Waals surface area contributed by atoms with Gasteiger partial charge in [-0.25, -0.2) is 0 Å². The van der Waals surface area contributed by atoms with E-state index in [1.165, 1.54) is 0 Å². The number of furan rings is 1. The van der Waals surface area contributed by atoms with Crippen LogP contribution in [0.15, 0.2) is 40.8 Å². The highest BCUT2D eigenvalue weighted by atomic mass is 35.5. The zero-order valence-electron chi connectivity index (χ0n) is 12.4. The van der Waals surface area contributed by atoms with Gasteiger partial charge in [0.05, 0.1) is 6.54 Å². The lowest BCUT2D eigenvalue weighted by Gasteiger charge is -2.08. The summed E-state index contributed by atoms with van der Waals surface area (Å²) in [6.07, 6.45) is 3.20. The normalized spacial score (nSPS) is 10.5. The lowest BCUT2D eigenvalue weighted by atomic mass is 10.2. The smallest absolute Gasteiger partial charge is 0.166 e. The number of thioether (sulfide) groups is 1. The molecule has 1 aromatic heterocycles. The number of nitrogens with one attached hydrogen (secondary N) is 2. The van der Waals surface area contributed by atoms with Gasteiger partial charge in [-0.15, -0.1) is 0 Å². The van der Waals surface area contributed by atoms with Gasteiger partial charge in [0.1, 0.15) is 11.5 Å². The van der Waals surface area contributed by atoms with Crippen LogP contribution in [0.2, 0.25) is 5.02 Å². The Morgan fingerprint density at radius 2 is 1.95 bits per heavy atom. The van der Waals surface area contributed by atoms with Gasteiger partial charge in [-0.1, -0.05) is 11.6 Å². The van der Waals surface area contributed by atoms with E-state index in [0.29, 0.717) is 11.7 Å². The summed E-state index contributed by atoms with van der Waals surface area (Å²) >= 11 is 13.0. The molecule has 0 aliphatic carbocycles. The van der Waals surface area contributed by atoms with Crippen LogP contribution in [-0.2, 0) is 6.54 Å². The second-order valence-electron chi connectivity index (χ2n) is 4.73. The first kappa shape index (κ1) is 17.2. The Hall–Kier alpha value is -1.17. The van der Waals surface area contributed by atoms with Gasteiger partial charge in [0.15, 0.2) is 5.11 Å². The molecular formula is C16H19ClN2OS2. The molecule has 1 aromatic carbocycles. The second-order valence-corrected chi connectivity index (χ2v) is 6.56. The van der Waals surface area contributed by atoms with Crippen molar-refractivity contribution in [2.75, 3.05) is 18.6 Å². The van der Waals surface area contributed by atoms with E-state index in [0.717, 1.165) is 40.8 Å². The van der Waals surface area contributed by atoms with E-state index in [1.807, 2.05) is 48.2 Å².